The van der Waals surface area contributed by atoms with Gasteiger partial charge in [0, 0.05) is 13.1 Å². The van der Waals surface area contributed by atoms with Crippen LogP contribution in [0.15, 0.2) is 24.3 Å². The summed E-state index contributed by atoms with van der Waals surface area (Å²) in [5.74, 6) is -0.0909. The molecule has 0 bridgehead atoms. The van der Waals surface area contributed by atoms with Crippen molar-refractivity contribution in [2.75, 3.05) is 13.1 Å². The highest BCUT2D eigenvalue weighted by Gasteiger charge is 2.42. The molecule has 1 amide bonds. The van der Waals surface area contributed by atoms with Crippen molar-refractivity contribution in [3.05, 3.63) is 35.6 Å². The van der Waals surface area contributed by atoms with Crippen molar-refractivity contribution in [1.82, 2.24) is 10.2 Å². The van der Waals surface area contributed by atoms with Crippen LogP contribution in [0.2, 0.25) is 0 Å². The molecular weight excluding hydrogens is 267 g/mol. The van der Waals surface area contributed by atoms with Crippen LogP contribution in [0, 0.1) is 5.82 Å². The quantitative estimate of drug-likeness (QED) is 0.874. The van der Waals surface area contributed by atoms with Crippen LogP contribution in [-0.4, -0.2) is 29.4 Å². The van der Waals surface area contributed by atoms with Crippen molar-refractivity contribution in [2.45, 2.75) is 51.6 Å². The number of carbonyl (C=O) groups excluding carboxylic acids is 1. The molecule has 1 aliphatic heterocycles. The first kappa shape index (κ1) is 16.0. The first-order chi connectivity index (χ1) is 10.1. The fourth-order valence-corrected chi connectivity index (χ4v) is 3.22. The van der Waals surface area contributed by atoms with Crippen molar-refractivity contribution in [2.24, 2.45) is 0 Å². The summed E-state index contributed by atoms with van der Waals surface area (Å²) in [5, 5.41) is 3.42. The number of hydrogen-bond donors (Lipinski definition) is 1. The van der Waals surface area contributed by atoms with Gasteiger partial charge in [0.1, 0.15) is 5.82 Å². The number of nitrogens with zero attached hydrogens (tertiary/aromatic N) is 1. The second kappa shape index (κ2) is 7.03. The smallest absolute Gasteiger partial charge is 0.243 e. The van der Waals surface area contributed by atoms with Gasteiger partial charge in [0.15, 0.2) is 0 Å². The Bertz CT molecular complexity index is 483. The van der Waals surface area contributed by atoms with E-state index < -0.39 is 5.54 Å². The van der Waals surface area contributed by atoms with E-state index in [4.69, 9.17) is 0 Å². The van der Waals surface area contributed by atoms with Gasteiger partial charge in [-0.25, -0.2) is 4.39 Å². The molecule has 1 atom stereocenters. The molecular formula is C17H25FN2O. The van der Waals surface area contributed by atoms with Crippen molar-refractivity contribution < 1.29 is 9.18 Å². The van der Waals surface area contributed by atoms with E-state index in [9.17, 15) is 9.18 Å². The van der Waals surface area contributed by atoms with Crippen molar-refractivity contribution in [1.29, 1.82) is 0 Å². The van der Waals surface area contributed by atoms with E-state index in [2.05, 4.69) is 12.2 Å². The number of halogens is 1. The Morgan fingerprint density at radius 3 is 2.81 bits per heavy atom. The Labute approximate surface area is 126 Å². The van der Waals surface area contributed by atoms with Crippen LogP contribution < -0.4 is 5.32 Å². The second-order valence-corrected chi connectivity index (χ2v) is 5.81. The lowest BCUT2D eigenvalue weighted by molar-refractivity contribution is -0.138. The molecule has 1 unspecified atom stereocenters. The fourth-order valence-electron chi connectivity index (χ4n) is 3.22. The molecule has 116 valence electrons. The number of carbonyl (C=O) groups is 1. The molecule has 21 heavy (non-hydrogen) atoms. The molecule has 1 saturated heterocycles. The van der Waals surface area contributed by atoms with Crippen LogP contribution in [0.25, 0.3) is 0 Å². The summed E-state index contributed by atoms with van der Waals surface area (Å²) in [7, 11) is 0. The maximum absolute atomic E-state index is 13.3. The van der Waals surface area contributed by atoms with Crippen molar-refractivity contribution >= 4 is 5.91 Å². The number of benzene rings is 1. The van der Waals surface area contributed by atoms with Gasteiger partial charge in [-0.15, -0.1) is 0 Å². The molecule has 2 rings (SSSR count). The second-order valence-electron chi connectivity index (χ2n) is 5.81. The van der Waals surface area contributed by atoms with Crippen LogP contribution in [0.3, 0.4) is 0 Å². The van der Waals surface area contributed by atoms with E-state index in [1.807, 2.05) is 17.9 Å². The van der Waals surface area contributed by atoms with Gasteiger partial charge in [-0.05, 0) is 50.4 Å². The van der Waals surface area contributed by atoms with Gasteiger partial charge in [0.05, 0.1) is 5.54 Å². The average molecular weight is 292 g/mol. The zero-order valence-corrected chi connectivity index (χ0v) is 13.0. The number of likely N-dealkylation sites (N-methyl/N-ethyl adjacent to an activating group) is 1. The summed E-state index contributed by atoms with van der Waals surface area (Å²) >= 11 is 0. The van der Waals surface area contributed by atoms with Gasteiger partial charge in [-0.1, -0.05) is 25.5 Å². The van der Waals surface area contributed by atoms with E-state index in [-0.39, 0.29) is 11.7 Å². The van der Waals surface area contributed by atoms with Crippen LogP contribution in [0.4, 0.5) is 4.39 Å². The van der Waals surface area contributed by atoms with Crippen LogP contribution >= 0.6 is 0 Å². The molecule has 0 aliphatic carbocycles. The largest absolute Gasteiger partial charge is 0.337 e. The van der Waals surface area contributed by atoms with Gasteiger partial charge in [-0.3, -0.25) is 4.79 Å². The van der Waals surface area contributed by atoms with E-state index >= 15 is 0 Å². The minimum Gasteiger partial charge on any atom is -0.337 e. The summed E-state index contributed by atoms with van der Waals surface area (Å²) in [6.45, 7) is 6.11. The normalized spacial score (nSPS) is 21.5. The molecule has 0 radical (unpaired) electrons. The summed E-state index contributed by atoms with van der Waals surface area (Å²) in [4.78, 5) is 14.8. The Morgan fingerprint density at radius 2 is 2.24 bits per heavy atom. The minimum atomic E-state index is -0.405. The molecule has 1 aromatic carbocycles. The standard InChI is InChI=1S/C17H25FN2O/c1-3-9-17(10-6-11-19-17)16(21)20(4-2)13-14-7-5-8-15(18)12-14/h5,7-8,12,19H,3-4,6,9-11,13H2,1-2H3. The van der Waals surface area contributed by atoms with Gasteiger partial charge >= 0.3 is 0 Å². The fraction of sp³-hybridized carbons (Fsp3) is 0.588. The molecule has 3 nitrogen and oxygen atoms in total. The summed E-state index contributed by atoms with van der Waals surface area (Å²) < 4.78 is 13.3. The lowest BCUT2D eigenvalue weighted by atomic mass is 9.90. The van der Waals surface area contributed by atoms with E-state index in [1.165, 1.54) is 12.1 Å². The lowest BCUT2D eigenvalue weighted by Crippen LogP contribution is -2.54. The first-order valence-corrected chi connectivity index (χ1v) is 7.90. The van der Waals surface area contributed by atoms with Gasteiger partial charge < -0.3 is 10.2 Å². The van der Waals surface area contributed by atoms with E-state index in [1.54, 1.807) is 6.07 Å². The van der Waals surface area contributed by atoms with E-state index in [0.717, 1.165) is 37.8 Å². The lowest BCUT2D eigenvalue weighted by Gasteiger charge is -2.34. The molecule has 1 heterocycles. The zero-order chi connectivity index (χ0) is 15.3. The van der Waals surface area contributed by atoms with Crippen LogP contribution in [-0.2, 0) is 11.3 Å². The molecule has 1 N–H and O–H groups in total. The molecule has 1 fully saturated rings. The van der Waals surface area contributed by atoms with Gasteiger partial charge in [-0.2, -0.15) is 0 Å². The molecule has 4 heteroatoms. The highest BCUT2D eigenvalue weighted by atomic mass is 19.1. The minimum absolute atomic E-state index is 0.161. The topological polar surface area (TPSA) is 32.3 Å². The van der Waals surface area contributed by atoms with Crippen LogP contribution in [0.5, 0.6) is 0 Å². The molecule has 0 saturated carbocycles. The maximum Gasteiger partial charge on any atom is 0.243 e. The number of amides is 1. The highest BCUT2D eigenvalue weighted by Crippen LogP contribution is 2.27. The SMILES string of the molecule is CCCC1(C(=O)N(CC)Cc2cccc(F)c2)CCCN1. The Kier molecular flexibility index (Phi) is 5.34. The zero-order valence-electron chi connectivity index (χ0n) is 13.0. The average Bonchev–Trinajstić information content (AvgIpc) is 2.94. The third-order valence-corrected chi connectivity index (χ3v) is 4.26. The summed E-state index contributed by atoms with van der Waals surface area (Å²) in [5.41, 5.74) is 0.438. The van der Waals surface area contributed by atoms with Gasteiger partial charge in [0.2, 0.25) is 5.91 Å². The predicted molar refractivity (Wildman–Crippen MR) is 82.4 cm³/mol. The number of rotatable bonds is 6. The maximum atomic E-state index is 13.3. The number of hydrogen-bond acceptors (Lipinski definition) is 2. The highest BCUT2D eigenvalue weighted by molar-refractivity contribution is 5.86. The molecule has 0 aromatic heterocycles. The summed E-state index contributed by atoms with van der Waals surface area (Å²) in [6.07, 6.45) is 3.80. The monoisotopic (exact) mass is 292 g/mol. The molecule has 1 aromatic rings. The van der Waals surface area contributed by atoms with Crippen molar-refractivity contribution in [3.8, 4) is 0 Å². The first-order valence-electron chi connectivity index (χ1n) is 7.90. The molecule has 1 aliphatic rings. The Morgan fingerprint density at radius 1 is 1.43 bits per heavy atom. The summed E-state index contributed by atoms with van der Waals surface area (Å²) in [6, 6.07) is 6.50. The van der Waals surface area contributed by atoms with Crippen molar-refractivity contribution in [3.63, 3.8) is 0 Å². The predicted octanol–water partition coefficient (Wildman–Crippen LogP) is 3.10. The van der Waals surface area contributed by atoms with Crippen LogP contribution in [0.1, 0.15) is 45.1 Å². The van der Waals surface area contributed by atoms with E-state index in [0.29, 0.717) is 13.1 Å². The number of nitrogens with one attached hydrogen (secondary N) is 1. The third-order valence-electron chi connectivity index (χ3n) is 4.26. The Hall–Kier alpha value is -1.42. The van der Waals surface area contributed by atoms with Gasteiger partial charge in [0.25, 0.3) is 0 Å². The molecule has 0 spiro atoms. The third kappa shape index (κ3) is 3.62. The Balaban J connectivity index is 2.14.